The number of pyridine rings is 1. The van der Waals surface area contributed by atoms with Gasteiger partial charge in [0.05, 0.1) is 6.42 Å². The zero-order chi connectivity index (χ0) is 9.10. The van der Waals surface area contributed by atoms with E-state index in [0.717, 1.165) is 5.69 Å². The number of hydrogen-bond acceptors (Lipinski definition) is 4. The molecule has 0 saturated carbocycles. The minimum atomic E-state index is -0.536. The van der Waals surface area contributed by atoms with Gasteiger partial charge in [-0.15, -0.1) is 0 Å². The first-order chi connectivity index (χ1) is 6.34. The third-order valence-electron chi connectivity index (χ3n) is 1.56. The van der Waals surface area contributed by atoms with Crippen LogP contribution in [0.5, 0.6) is 0 Å². The summed E-state index contributed by atoms with van der Waals surface area (Å²) in [5.41, 5.74) is 0.840. The van der Waals surface area contributed by atoms with E-state index in [4.69, 9.17) is 0 Å². The molecule has 2 rings (SSSR count). The van der Waals surface area contributed by atoms with Gasteiger partial charge in [-0.05, 0) is 12.1 Å². The minimum absolute atomic E-state index is 0.479. The highest BCUT2D eigenvalue weighted by molar-refractivity contribution is 5.08. The number of nitrogens with one attached hydrogen (secondary N) is 1. The lowest BCUT2D eigenvalue weighted by atomic mass is 10.3. The van der Waals surface area contributed by atoms with Crippen LogP contribution in [0.2, 0.25) is 0 Å². The van der Waals surface area contributed by atoms with E-state index in [9.17, 15) is 4.79 Å². The molecule has 2 aromatic heterocycles. The van der Waals surface area contributed by atoms with Gasteiger partial charge in [-0.2, -0.15) is 0 Å². The van der Waals surface area contributed by atoms with E-state index in [1.807, 2.05) is 18.2 Å². The van der Waals surface area contributed by atoms with Crippen LogP contribution in [0.3, 0.4) is 0 Å². The summed E-state index contributed by atoms with van der Waals surface area (Å²) in [6, 6.07) is 5.56. The Bertz CT molecular complexity index is 432. The van der Waals surface area contributed by atoms with Gasteiger partial charge in [0.1, 0.15) is 0 Å². The van der Waals surface area contributed by atoms with E-state index in [1.165, 1.54) is 0 Å². The van der Waals surface area contributed by atoms with E-state index in [1.54, 1.807) is 6.20 Å². The van der Waals surface area contributed by atoms with Crippen LogP contribution >= 0.6 is 0 Å². The molecule has 5 heteroatoms. The molecule has 0 fully saturated rings. The maximum absolute atomic E-state index is 10.6. The highest BCUT2D eigenvalue weighted by Gasteiger charge is 2.01. The highest BCUT2D eigenvalue weighted by atomic mass is 16.5. The summed E-state index contributed by atoms with van der Waals surface area (Å²) in [5.74, 6) is -0.0466. The standard InChI is InChI=1S/C8H7N3O2/c12-8-10-7(11-13-8)5-6-3-1-2-4-9-6/h1-4H,5H2,(H,10,11,12). The van der Waals surface area contributed by atoms with Crippen molar-refractivity contribution in [3.8, 4) is 0 Å². The molecule has 0 aliphatic carbocycles. The second-order valence-corrected chi connectivity index (χ2v) is 2.54. The molecule has 0 saturated heterocycles. The third kappa shape index (κ3) is 1.81. The average Bonchev–Trinajstić information content (AvgIpc) is 2.53. The summed E-state index contributed by atoms with van der Waals surface area (Å²) in [6.07, 6.45) is 2.17. The first-order valence-electron chi connectivity index (χ1n) is 3.79. The first-order valence-corrected chi connectivity index (χ1v) is 3.79. The molecule has 0 atom stereocenters. The molecule has 0 unspecified atom stereocenters. The number of hydrogen-bond donors (Lipinski definition) is 1. The molecule has 0 radical (unpaired) electrons. The molecular weight excluding hydrogens is 170 g/mol. The van der Waals surface area contributed by atoms with Crippen molar-refractivity contribution in [1.29, 1.82) is 0 Å². The van der Waals surface area contributed by atoms with Crippen molar-refractivity contribution in [2.24, 2.45) is 0 Å². The van der Waals surface area contributed by atoms with Gasteiger partial charge in [-0.1, -0.05) is 11.2 Å². The fourth-order valence-corrected chi connectivity index (χ4v) is 1.01. The SMILES string of the molecule is O=c1[nH]c(Cc2ccccn2)no1. The molecule has 13 heavy (non-hydrogen) atoms. The molecule has 0 spiro atoms. The first kappa shape index (κ1) is 7.72. The Kier molecular flexibility index (Phi) is 1.91. The largest absolute Gasteiger partial charge is 0.438 e. The van der Waals surface area contributed by atoms with Crippen LogP contribution in [0.25, 0.3) is 0 Å². The Morgan fingerprint density at radius 1 is 1.46 bits per heavy atom. The van der Waals surface area contributed by atoms with Gasteiger partial charge in [0.15, 0.2) is 5.82 Å². The lowest BCUT2D eigenvalue weighted by molar-refractivity contribution is 0.382. The molecular formula is C8H7N3O2. The fraction of sp³-hybridized carbons (Fsp3) is 0.125. The Morgan fingerprint density at radius 2 is 2.38 bits per heavy atom. The molecule has 0 aliphatic rings. The van der Waals surface area contributed by atoms with Gasteiger partial charge in [-0.25, -0.2) is 4.79 Å². The summed E-state index contributed by atoms with van der Waals surface area (Å²) in [7, 11) is 0. The molecule has 2 aromatic rings. The van der Waals surface area contributed by atoms with Crippen LogP contribution < -0.4 is 5.76 Å². The maximum Gasteiger partial charge on any atom is 0.438 e. The number of aromatic amines is 1. The van der Waals surface area contributed by atoms with Crippen LogP contribution in [-0.2, 0) is 6.42 Å². The summed E-state index contributed by atoms with van der Waals surface area (Å²) in [5, 5.41) is 3.53. The number of aromatic nitrogens is 3. The molecule has 0 bridgehead atoms. The van der Waals surface area contributed by atoms with Crippen LogP contribution in [0.1, 0.15) is 11.5 Å². The molecule has 66 valence electrons. The second kappa shape index (κ2) is 3.22. The number of rotatable bonds is 2. The predicted molar refractivity (Wildman–Crippen MR) is 44.2 cm³/mol. The third-order valence-corrected chi connectivity index (χ3v) is 1.56. The van der Waals surface area contributed by atoms with Crippen LogP contribution in [-0.4, -0.2) is 15.1 Å². The second-order valence-electron chi connectivity index (χ2n) is 2.54. The van der Waals surface area contributed by atoms with Crippen molar-refractivity contribution in [2.45, 2.75) is 6.42 Å². The minimum Gasteiger partial charge on any atom is -0.296 e. The van der Waals surface area contributed by atoms with Crippen LogP contribution in [0.15, 0.2) is 33.7 Å². The monoisotopic (exact) mass is 177 g/mol. The quantitative estimate of drug-likeness (QED) is 0.718. The van der Waals surface area contributed by atoms with Crippen molar-refractivity contribution in [2.75, 3.05) is 0 Å². The van der Waals surface area contributed by atoms with Crippen molar-refractivity contribution in [3.63, 3.8) is 0 Å². The summed E-state index contributed by atoms with van der Waals surface area (Å²) in [4.78, 5) is 17.1. The zero-order valence-corrected chi connectivity index (χ0v) is 6.73. The molecule has 1 N–H and O–H groups in total. The predicted octanol–water partition coefficient (Wildman–Crippen LogP) is 0.349. The van der Waals surface area contributed by atoms with E-state index in [2.05, 4.69) is 19.6 Å². The van der Waals surface area contributed by atoms with Gasteiger partial charge in [0.2, 0.25) is 0 Å². The average molecular weight is 177 g/mol. The Balaban J connectivity index is 2.20. The van der Waals surface area contributed by atoms with Crippen LogP contribution in [0, 0.1) is 0 Å². The zero-order valence-electron chi connectivity index (χ0n) is 6.73. The molecule has 0 aliphatic heterocycles. The Labute approximate surface area is 73.4 Å². The topological polar surface area (TPSA) is 71.8 Å². The summed E-state index contributed by atoms with van der Waals surface area (Å²) >= 11 is 0. The van der Waals surface area contributed by atoms with Gasteiger partial charge in [-0.3, -0.25) is 14.5 Å². The maximum atomic E-state index is 10.6. The van der Waals surface area contributed by atoms with E-state index in [0.29, 0.717) is 12.2 Å². The summed E-state index contributed by atoms with van der Waals surface area (Å²) < 4.78 is 4.35. The van der Waals surface area contributed by atoms with Gasteiger partial charge < -0.3 is 0 Å². The molecule has 2 heterocycles. The summed E-state index contributed by atoms with van der Waals surface area (Å²) in [6.45, 7) is 0. The van der Waals surface area contributed by atoms with Crippen molar-refractivity contribution in [1.82, 2.24) is 15.1 Å². The number of nitrogens with zero attached hydrogens (tertiary/aromatic N) is 2. The van der Waals surface area contributed by atoms with Crippen molar-refractivity contribution >= 4 is 0 Å². The van der Waals surface area contributed by atoms with E-state index >= 15 is 0 Å². The molecule has 5 nitrogen and oxygen atoms in total. The lowest BCUT2D eigenvalue weighted by Gasteiger charge is -1.92. The Hall–Kier alpha value is -1.91. The van der Waals surface area contributed by atoms with Crippen molar-refractivity contribution in [3.05, 3.63) is 46.5 Å². The normalized spacial score (nSPS) is 10.2. The lowest BCUT2D eigenvalue weighted by Crippen LogP contribution is -1.98. The fourth-order valence-electron chi connectivity index (χ4n) is 1.01. The van der Waals surface area contributed by atoms with Crippen molar-refractivity contribution < 1.29 is 4.52 Å². The Morgan fingerprint density at radius 3 is 3.00 bits per heavy atom. The van der Waals surface area contributed by atoms with Gasteiger partial charge in [0, 0.05) is 11.9 Å². The molecule has 0 aromatic carbocycles. The van der Waals surface area contributed by atoms with E-state index < -0.39 is 5.76 Å². The smallest absolute Gasteiger partial charge is 0.296 e. The van der Waals surface area contributed by atoms with Gasteiger partial charge >= 0.3 is 5.76 Å². The highest BCUT2D eigenvalue weighted by Crippen LogP contribution is 1.98. The number of H-pyrrole nitrogens is 1. The molecule has 0 amide bonds. The van der Waals surface area contributed by atoms with Crippen LogP contribution in [0.4, 0.5) is 0 Å². The van der Waals surface area contributed by atoms with Gasteiger partial charge in [0.25, 0.3) is 0 Å². The van der Waals surface area contributed by atoms with E-state index in [-0.39, 0.29) is 0 Å².